The lowest BCUT2D eigenvalue weighted by Gasteiger charge is -2.38. The number of aromatic nitrogens is 2. The lowest BCUT2D eigenvalue weighted by atomic mass is 9.64. The summed E-state index contributed by atoms with van der Waals surface area (Å²) in [5, 5.41) is 18.8. The Labute approximate surface area is 163 Å². The molecule has 2 aliphatic carbocycles. The zero-order valence-electron chi connectivity index (χ0n) is 16.3. The van der Waals surface area contributed by atoms with Gasteiger partial charge in [0.2, 0.25) is 0 Å². The topological polar surface area (TPSA) is 99.7 Å². The summed E-state index contributed by atoms with van der Waals surface area (Å²) in [6.07, 6.45) is 1.31. The highest BCUT2D eigenvalue weighted by atomic mass is 16.5. The van der Waals surface area contributed by atoms with Gasteiger partial charge in [0, 0.05) is 5.41 Å². The molecule has 1 aromatic carbocycles. The van der Waals surface area contributed by atoms with E-state index in [1.165, 1.54) is 0 Å². The zero-order chi connectivity index (χ0) is 20.3. The largest absolute Gasteiger partial charge is 0.426 e. The molecule has 2 atom stereocenters. The van der Waals surface area contributed by atoms with Crippen LogP contribution in [0.3, 0.4) is 0 Å². The van der Waals surface area contributed by atoms with E-state index in [1.54, 1.807) is 12.1 Å². The van der Waals surface area contributed by atoms with Crippen molar-refractivity contribution in [1.82, 2.24) is 9.97 Å². The van der Waals surface area contributed by atoms with Crippen molar-refractivity contribution in [2.45, 2.75) is 51.4 Å². The SMILES string of the molecule is Cc1ccc(OC(=O)C23CCC(C)(c4nc(C#N)c(C#N)nc42)C3(C)C)cc1. The highest BCUT2D eigenvalue weighted by Crippen LogP contribution is 2.70. The van der Waals surface area contributed by atoms with Crippen LogP contribution in [0.15, 0.2) is 24.3 Å². The summed E-state index contributed by atoms with van der Waals surface area (Å²) in [5.74, 6) is 0.0941. The van der Waals surface area contributed by atoms with E-state index in [9.17, 15) is 15.3 Å². The molecule has 2 bridgehead atoms. The molecule has 0 amide bonds. The second-order valence-electron chi connectivity index (χ2n) is 8.41. The smallest absolute Gasteiger partial charge is 0.324 e. The Kier molecular flexibility index (Phi) is 3.64. The number of carbonyl (C=O) groups excluding carboxylic acids is 1. The minimum atomic E-state index is -1.01. The lowest BCUT2D eigenvalue weighted by Crippen LogP contribution is -2.48. The summed E-state index contributed by atoms with van der Waals surface area (Å²) in [5.41, 5.74) is 0.204. The van der Waals surface area contributed by atoms with Crippen LogP contribution in [0.5, 0.6) is 5.75 Å². The maximum atomic E-state index is 13.5. The Hall–Kier alpha value is -3.25. The molecule has 4 rings (SSSR count). The normalized spacial score (nSPS) is 26.2. The van der Waals surface area contributed by atoms with Crippen molar-refractivity contribution in [2.24, 2.45) is 5.41 Å². The van der Waals surface area contributed by atoms with Gasteiger partial charge in [-0.2, -0.15) is 10.5 Å². The summed E-state index contributed by atoms with van der Waals surface area (Å²) < 4.78 is 5.79. The van der Waals surface area contributed by atoms with Crippen LogP contribution in [0.4, 0.5) is 0 Å². The van der Waals surface area contributed by atoms with Gasteiger partial charge >= 0.3 is 5.97 Å². The quantitative estimate of drug-likeness (QED) is 0.591. The third-order valence-electron chi connectivity index (χ3n) is 7.06. The van der Waals surface area contributed by atoms with Crippen LogP contribution in [0.1, 0.15) is 62.0 Å². The van der Waals surface area contributed by atoms with Crippen LogP contribution in [0, 0.1) is 35.0 Å². The van der Waals surface area contributed by atoms with Crippen molar-refractivity contribution < 1.29 is 9.53 Å². The standard InChI is InChI=1S/C22H20N4O2/c1-13-5-7-14(8-6-13)28-19(27)22-10-9-21(4,20(22,2)3)17-18(22)26-16(12-24)15(11-23)25-17/h5-8H,9-10H2,1-4H3. The van der Waals surface area contributed by atoms with E-state index in [1.807, 2.05) is 45.0 Å². The van der Waals surface area contributed by atoms with Crippen molar-refractivity contribution in [1.29, 1.82) is 10.5 Å². The third-order valence-corrected chi connectivity index (χ3v) is 7.06. The molecule has 28 heavy (non-hydrogen) atoms. The van der Waals surface area contributed by atoms with Gasteiger partial charge in [0.25, 0.3) is 0 Å². The number of rotatable bonds is 2. The second kappa shape index (κ2) is 5.62. The van der Waals surface area contributed by atoms with Crippen LogP contribution < -0.4 is 4.74 Å². The van der Waals surface area contributed by atoms with Crippen LogP contribution in [0.25, 0.3) is 0 Å². The van der Waals surface area contributed by atoms with Gasteiger partial charge in [-0.3, -0.25) is 4.79 Å². The predicted octanol–water partition coefficient (Wildman–Crippen LogP) is 3.46. The molecule has 6 nitrogen and oxygen atoms in total. The summed E-state index contributed by atoms with van der Waals surface area (Å²) in [6.45, 7) is 8.08. The monoisotopic (exact) mass is 372 g/mol. The molecule has 2 unspecified atom stereocenters. The van der Waals surface area contributed by atoms with Crippen LogP contribution in [-0.4, -0.2) is 15.9 Å². The number of carbonyl (C=O) groups is 1. The Balaban J connectivity index is 1.89. The molecule has 1 saturated carbocycles. The molecule has 6 heteroatoms. The summed E-state index contributed by atoms with van der Waals surface area (Å²) >= 11 is 0. The van der Waals surface area contributed by atoms with Crippen molar-refractivity contribution in [3.63, 3.8) is 0 Å². The number of hydrogen-bond acceptors (Lipinski definition) is 6. The number of benzene rings is 1. The molecule has 2 aliphatic rings. The number of nitrogens with zero attached hydrogens (tertiary/aromatic N) is 4. The predicted molar refractivity (Wildman–Crippen MR) is 100 cm³/mol. The van der Waals surface area contributed by atoms with Crippen molar-refractivity contribution in [2.75, 3.05) is 0 Å². The van der Waals surface area contributed by atoms with E-state index in [0.29, 0.717) is 23.6 Å². The Morgan fingerprint density at radius 3 is 2.14 bits per heavy atom. The minimum Gasteiger partial charge on any atom is -0.426 e. The van der Waals surface area contributed by atoms with Crippen LogP contribution in [-0.2, 0) is 15.6 Å². The molecule has 1 fully saturated rings. The van der Waals surface area contributed by atoms with Gasteiger partial charge in [0.1, 0.15) is 23.3 Å². The third kappa shape index (κ3) is 1.98. The first kappa shape index (κ1) is 18.1. The first-order valence-electron chi connectivity index (χ1n) is 9.23. The molecule has 0 saturated heterocycles. The van der Waals surface area contributed by atoms with Gasteiger partial charge in [-0.1, -0.05) is 38.5 Å². The fraction of sp³-hybridized carbons (Fsp3) is 0.409. The Morgan fingerprint density at radius 2 is 1.57 bits per heavy atom. The summed E-state index contributed by atoms with van der Waals surface area (Å²) in [7, 11) is 0. The molecule has 0 radical (unpaired) electrons. The van der Waals surface area contributed by atoms with Crippen molar-refractivity contribution >= 4 is 5.97 Å². The molecule has 1 aromatic heterocycles. The number of ether oxygens (including phenoxy) is 1. The molecule has 2 aromatic rings. The fourth-order valence-corrected chi connectivity index (χ4v) is 4.89. The highest BCUT2D eigenvalue weighted by Gasteiger charge is 2.74. The number of aryl methyl sites for hydroxylation is 1. The molecule has 0 spiro atoms. The number of esters is 1. The maximum Gasteiger partial charge on any atom is 0.324 e. The molecule has 1 heterocycles. The summed E-state index contributed by atoms with van der Waals surface area (Å²) in [4.78, 5) is 22.5. The van der Waals surface area contributed by atoms with Gasteiger partial charge in [-0.25, -0.2) is 9.97 Å². The van der Waals surface area contributed by atoms with Gasteiger partial charge in [0.05, 0.1) is 11.4 Å². The number of hydrogen-bond donors (Lipinski definition) is 0. The number of fused-ring (bicyclic) bond motifs is 5. The van der Waals surface area contributed by atoms with E-state index in [-0.39, 0.29) is 17.4 Å². The van der Waals surface area contributed by atoms with E-state index in [2.05, 4.69) is 16.9 Å². The Bertz CT molecular complexity index is 1090. The van der Waals surface area contributed by atoms with E-state index >= 15 is 0 Å². The molecule has 140 valence electrons. The fourth-order valence-electron chi connectivity index (χ4n) is 4.89. The van der Waals surface area contributed by atoms with Gasteiger partial charge in [-0.05, 0) is 37.3 Å². The van der Waals surface area contributed by atoms with E-state index in [0.717, 1.165) is 12.0 Å². The molecular formula is C22H20N4O2. The second-order valence-corrected chi connectivity index (χ2v) is 8.41. The van der Waals surface area contributed by atoms with Crippen molar-refractivity contribution in [3.05, 3.63) is 52.6 Å². The van der Waals surface area contributed by atoms with Gasteiger partial charge in [0.15, 0.2) is 11.4 Å². The number of nitriles is 2. The maximum absolute atomic E-state index is 13.5. The first-order chi connectivity index (χ1) is 13.2. The average molecular weight is 372 g/mol. The average Bonchev–Trinajstić information content (AvgIpc) is 2.98. The summed E-state index contributed by atoms with van der Waals surface area (Å²) in [6, 6.07) is 11.2. The molecule has 0 aliphatic heterocycles. The molecule has 0 N–H and O–H groups in total. The van der Waals surface area contributed by atoms with E-state index in [4.69, 9.17) is 4.74 Å². The van der Waals surface area contributed by atoms with Crippen molar-refractivity contribution in [3.8, 4) is 17.9 Å². The Morgan fingerprint density at radius 1 is 1.00 bits per heavy atom. The lowest BCUT2D eigenvalue weighted by molar-refractivity contribution is -0.145. The molecular weight excluding hydrogens is 352 g/mol. The van der Waals surface area contributed by atoms with Crippen LogP contribution in [0.2, 0.25) is 0 Å². The van der Waals surface area contributed by atoms with E-state index < -0.39 is 16.2 Å². The van der Waals surface area contributed by atoms with Crippen LogP contribution >= 0.6 is 0 Å². The minimum absolute atomic E-state index is 0.00729. The van der Waals surface area contributed by atoms with Gasteiger partial charge in [-0.15, -0.1) is 0 Å². The first-order valence-corrected chi connectivity index (χ1v) is 9.23. The zero-order valence-corrected chi connectivity index (χ0v) is 16.3. The van der Waals surface area contributed by atoms with Gasteiger partial charge < -0.3 is 4.74 Å². The highest BCUT2D eigenvalue weighted by molar-refractivity contribution is 5.89.